The second-order valence-corrected chi connectivity index (χ2v) is 9.40. The van der Waals surface area contributed by atoms with E-state index in [0.717, 1.165) is 37.2 Å². The molecule has 0 spiro atoms. The van der Waals surface area contributed by atoms with Crippen molar-refractivity contribution in [3.8, 4) is 11.4 Å². The fraction of sp³-hybridized carbons (Fsp3) is 0.184. The Kier molecular flexibility index (Phi) is 29.0. The third-order valence-corrected chi connectivity index (χ3v) is 5.81. The van der Waals surface area contributed by atoms with Crippen molar-refractivity contribution in [2.45, 2.75) is 39.5 Å². The number of aromatic nitrogens is 4. The molecule has 0 aromatic carbocycles. The van der Waals surface area contributed by atoms with Crippen molar-refractivity contribution >= 4 is 5.91 Å². The van der Waals surface area contributed by atoms with Crippen LogP contribution in [0.5, 0.6) is 0 Å². The van der Waals surface area contributed by atoms with Gasteiger partial charge in [-0.05, 0) is 144 Å². The first-order valence-electron chi connectivity index (χ1n) is 14.9. The van der Waals surface area contributed by atoms with Crippen LogP contribution in [-0.4, -0.2) is 32.4 Å². The first-order valence-corrected chi connectivity index (χ1v) is 14.9. The van der Waals surface area contributed by atoms with Crippen molar-refractivity contribution in [3.05, 3.63) is 173 Å². The van der Waals surface area contributed by atoms with Crippen LogP contribution in [0.25, 0.3) is 11.4 Å². The van der Waals surface area contributed by atoms with E-state index in [1.54, 1.807) is 31.0 Å². The Hall–Kier alpha value is -2.79. The van der Waals surface area contributed by atoms with Crippen molar-refractivity contribution in [1.82, 2.24) is 25.3 Å². The molecule has 8 heteroatoms. The quantitative estimate of drug-likeness (QED) is 0.157. The number of rotatable bonds is 7. The maximum Gasteiger partial charge on any atom is 3.00 e. The molecule has 0 saturated heterocycles. The van der Waals surface area contributed by atoms with E-state index in [2.05, 4.69) is 31.3 Å². The molecule has 4 aromatic heterocycles. The number of hydrogen-bond acceptors (Lipinski definition) is 5. The summed E-state index contributed by atoms with van der Waals surface area (Å²) in [5.74, 6) is 0.136. The number of amides is 1. The molecule has 2 aliphatic rings. The smallest absolute Gasteiger partial charge is 0.356 e. The van der Waals surface area contributed by atoms with E-state index in [9.17, 15) is 4.79 Å². The Labute approximate surface area is 301 Å². The number of hydrogen-bond donors (Lipinski definition) is 1. The van der Waals surface area contributed by atoms with Gasteiger partial charge in [-0.15, -0.1) is 0 Å². The van der Waals surface area contributed by atoms with Gasteiger partial charge in [0.25, 0.3) is 0 Å². The van der Waals surface area contributed by atoms with E-state index in [1.807, 2.05) is 139 Å². The van der Waals surface area contributed by atoms with Crippen LogP contribution >= 0.6 is 0 Å². The van der Waals surface area contributed by atoms with Crippen molar-refractivity contribution in [2.24, 2.45) is 0 Å². The predicted octanol–water partition coefficient (Wildman–Crippen LogP) is 7.50. The van der Waals surface area contributed by atoms with Gasteiger partial charge in [0, 0.05) is 50.1 Å². The van der Waals surface area contributed by atoms with Crippen LogP contribution in [0, 0.1) is 71.1 Å². The van der Waals surface area contributed by atoms with E-state index in [-0.39, 0.29) is 42.5 Å². The summed E-state index contributed by atoms with van der Waals surface area (Å²) < 4.78 is 0. The molecule has 2 fully saturated rings. The number of carbonyl (C=O) groups excluding carboxylic acids is 1. The van der Waals surface area contributed by atoms with Gasteiger partial charge in [0.05, 0.1) is 11.4 Å². The van der Waals surface area contributed by atoms with E-state index in [4.69, 9.17) is 0 Å². The second-order valence-electron chi connectivity index (χ2n) is 9.40. The molecular formula is C38H43FeN5ORu+5. The summed E-state index contributed by atoms with van der Waals surface area (Å²) in [6, 6.07) is 19.6. The molecule has 1 N–H and O–H groups in total. The summed E-state index contributed by atoms with van der Waals surface area (Å²) in [6.45, 7) is 4.69. The number of nitrogens with zero attached hydrogens (tertiary/aromatic N) is 4. The van der Waals surface area contributed by atoms with Crippen LogP contribution in [0.15, 0.2) is 97.8 Å². The molecule has 46 heavy (non-hydrogen) atoms. The molecule has 0 aliphatic heterocycles. The molecule has 4 heterocycles. The van der Waals surface area contributed by atoms with Gasteiger partial charge in [0.2, 0.25) is 5.91 Å². The predicted molar refractivity (Wildman–Crippen MR) is 180 cm³/mol. The van der Waals surface area contributed by atoms with Gasteiger partial charge in [-0.1, -0.05) is 25.1 Å². The minimum absolute atomic E-state index is 0. The van der Waals surface area contributed by atoms with E-state index < -0.39 is 0 Å². The van der Waals surface area contributed by atoms with Gasteiger partial charge in [-0.3, -0.25) is 24.7 Å². The molecule has 2 aliphatic carbocycles. The van der Waals surface area contributed by atoms with Gasteiger partial charge >= 0.3 is 36.5 Å². The molecule has 0 unspecified atom stereocenters. The third-order valence-electron chi connectivity index (χ3n) is 5.81. The second kappa shape index (κ2) is 30.8. The van der Waals surface area contributed by atoms with Crippen LogP contribution < -0.4 is 5.32 Å². The summed E-state index contributed by atoms with van der Waals surface area (Å²) in [7, 11) is 0. The minimum Gasteiger partial charge on any atom is -0.356 e. The van der Waals surface area contributed by atoms with Crippen molar-refractivity contribution in [3.63, 3.8) is 0 Å². The minimum atomic E-state index is 0. The Morgan fingerprint density at radius 2 is 1.15 bits per heavy atom. The molecule has 6 nitrogen and oxygen atoms in total. The first kappa shape index (κ1) is 43.2. The van der Waals surface area contributed by atoms with E-state index >= 15 is 0 Å². The largest absolute Gasteiger partial charge is 3.00 e. The standard InChI is InChI=1S/C12H18N2O.C10H8N2.C6H7N.2C5H5.Fe.Ru/c1-2-12(15)14-9-4-3-6-11-7-5-8-13-10-11;1-3-7-11-9(5-1)10-6-2-4-8-12-10;1-6-2-4-7-5-3-6;2*1-2-4-5-3-1;;/h5,7-8,10H,2-4,6,9H2,1H3,(H,14,15);1-8H;2-5H,1H3;2*1-5H;;/q;;;;;+2;+3. The Morgan fingerprint density at radius 3 is 1.52 bits per heavy atom. The molecular weight excluding hydrogens is 699 g/mol. The van der Waals surface area contributed by atoms with Crippen molar-refractivity contribution < 1.29 is 41.3 Å². The van der Waals surface area contributed by atoms with Gasteiger partial charge < -0.3 is 5.32 Å². The Bertz CT molecular complexity index is 1130. The topological polar surface area (TPSA) is 80.7 Å². The summed E-state index contributed by atoms with van der Waals surface area (Å²) in [6.07, 6.45) is 34.5. The van der Waals surface area contributed by atoms with Gasteiger partial charge in [-0.25, -0.2) is 0 Å². The molecule has 6 rings (SSSR count). The Morgan fingerprint density at radius 1 is 0.630 bits per heavy atom. The van der Waals surface area contributed by atoms with Crippen LogP contribution in [0.2, 0.25) is 0 Å². The fourth-order valence-electron chi connectivity index (χ4n) is 3.45. The van der Waals surface area contributed by atoms with Crippen molar-refractivity contribution in [1.29, 1.82) is 0 Å². The fourth-order valence-corrected chi connectivity index (χ4v) is 3.45. The first-order chi connectivity index (χ1) is 21.7. The van der Waals surface area contributed by atoms with Crippen LogP contribution in [0.3, 0.4) is 0 Å². The van der Waals surface area contributed by atoms with Gasteiger partial charge in [-0.2, -0.15) is 0 Å². The Balaban J connectivity index is 0.000000580. The molecule has 1 amide bonds. The van der Waals surface area contributed by atoms with Crippen LogP contribution in [-0.2, 0) is 47.8 Å². The van der Waals surface area contributed by atoms with Crippen LogP contribution in [0.4, 0.5) is 0 Å². The number of carbonyl (C=O) groups is 1. The zero-order chi connectivity index (χ0) is 31.3. The van der Waals surface area contributed by atoms with Gasteiger partial charge in [0.15, 0.2) is 0 Å². The molecule has 0 bridgehead atoms. The van der Waals surface area contributed by atoms with E-state index in [0.29, 0.717) is 6.42 Å². The maximum atomic E-state index is 10.9. The number of aryl methyl sites for hydroxylation is 2. The summed E-state index contributed by atoms with van der Waals surface area (Å²) >= 11 is 0. The average molecular weight is 743 g/mol. The van der Waals surface area contributed by atoms with Crippen LogP contribution in [0.1, 0.15) is 37.3 Å². The third kappa shape index (κ3) is 23.5. The summed E-state index contributed by atoms with van der Waals surface area (Å²) in [4.78, 5) is 27.2. The molecule has 11 radical (unpaired) electrons. The van der Waals surface area contributed by atoms with E-state index in [1.165, 1.54) is 11.1 Å². The summed E-state index contributed by atoms with van der Waals surface area (Å²) in [5, 5.41) is 2.86. The number of pyridine rings is 4. The summed E-state index contributed by atoms with van der Waals surface area (Å²) in [5.41, 5.74) is 4.35. The zero-order valence-electron chi connectivity index (χ0n) is 26.5. The maximum absolute atomic E-state index is 10.9. The van der Waals surface area contributed by atoms with Crippen molar-refractivity contribution in [2.75, 3.05) is 6.54 Å². The average Bonchev–Trinajstić information content (AvgIpc) is 3.88. The molecule has 237 valence electrons. The molecule has 2 saturated carbocycles. The zero-order valence-corrected chi connectivity index (χ0v) is 29.3. The number of nitrogens with one attached hydrogen (secondary N) is 1. The molecule has 0 atom stereocenters. The SMILES string of the molecule is CCC(=O)NCCCCc1cccnc1.Cc1ccncc1.[CH]1[CH][CH][CH][CH]1.[CH]1[CH][CH][CH][CH]1.[Fe+2].[Ru+3].c1ccc(-c2ccccn2)nc1. The molecule has 4 aromatic rings. The normalized spacial score (nSPS) is 12.3. The van der Waals surface area contributed by atoms with Gasteiger partial charge in [0.1, 0.15) is 0 Å². The monoisotopic (exact) mass is 743 g/mol. The number of unbranched alkanes of at least 4 members (excludes halogenated alkanes) is 1.